The molecule has 0 unspecified atom stereocenters. The lowest BCUT2D eigenvalue weighted by Gasteiger charge is -2.22. The fraction of sp³-hybridized carbons (Fsp3) is 0.909. The van der Waals surface area contributed by atoms with Crippen LogP contribution in [0.4, 0.5) is 0 Å². The van der Waals surface area contributed by atoms with Gasteiger partial charge in [0.05, 0.1) is 0 Å². The van der Waals surface area contributed by atoms with E-state index in [1.54, 1.807) is 0 Å². The number of nitrogens with two attached hydrogens (primary N) is 1. The summed E-state index contributed by atoms with van der Waals surface area (Å²) in [6, 6.07) is 0. The monoisotopic (exact) mass is 232 g/mol. The Hall–Kier alpha value is -0.380. The highest BCUT2D eigenvalue weighted by molar-refractivity contribution is 7.99. The first-order chi connectivity index (χ1) is 6.90. The van der Waals surface area contributed by atoms with Gasteiger partial charge < -0.3 is 10.9 Å². The second-order valence-corrected chi connectivity index (χ2v) is 6.09. The Kier molecular flexibility index (Phi) is 6.81. The molecule has 0 aromatic rings. The van der Waals surface area contributed by atoms with E-state index in [1.807, 2.05) is 25.6 Å². The third-order valence-corrected chi connectivity index (χ3v) is 3.82. The second kappa shape index (κ2) is 6.99. The number of oxime groups is 1. The molecule has 0 aromatic carbocycles. The quantitative estimate of drug-likeness (QED) is 0.233. The van der Waals surface area contributed by atoms with Crippen LogP contribution in [0.2, 0.25) is 0 Å². The van der Waals surface area contributed by atoms with Gasteiger partial charge in [-0.2, -0.15) is 11.8 Å². The lowest BCUT2D eigenvalue weighted by molar-refractivity contribution is 0.305. The van der Waals surface area contributed by atoms with E-state index in [4.69, 9.17) is 10.9 Å². The summed E-state index contributed by atoms with van der Waals surface area (Å²) < 4.78 is 0. The van der Waals surface area contributed by atoms with Crippen molar-refractivity contribution in [3.63, 3.8) is 0 Å². The van der Waals surface area contributed by atoms with Gasteiger partial charge >= 0.3 is 0 Å². The number of nitrogens with zero attached hydrogens (tertiary/aromatic N) is 1. The van der Waals surface area contributed by atoms with Crippen molar-refractivity contribution >= 4 is 17.6 Å². The lowest BCUT2D eigenvalue weighted by atomic mass is 9.87. The number of hydrogen-bond acceptors (Lipinski definition) is 3. The van der Waals surface area contributed by atoms with Crippen molar-refractivity contribution in [1.82, 2.24) is 0 Å². The third-order valence-electron chi connectivity index (χ3n) is 2.34. The first-order valence-electron chi connectivity index (χ1n) is 5.46. The molecule has 0 rings (SSSR count). The van der Waals surface area contributed by atoms with Crippen LogP contribution < -0.4 is 5.73 Å². The van der Waals surface area contributed by atoms with Crippen LogP contribution in [-0.2, 0) is 0 Å². The molecule has 0 fully saturated rings. The van der Waals surface area contributed by atoms with E-state index in [0.717, 1.165) is 24.5 Å². The van der Waals surface area contributed by atoms with Crippen molar-refractivity contribution in [1.29, 1.82) is 0 Å². The van der Waals surface area contributed by atoms with Crippen molar-refractivity contribution < 1.29 is 5.21 Å². The lowest BCUT2D eigenvalue weighted by Crippen LogP contribution is -2.31. The molecule has 0 aliphatic rings. The fourth-order valence-electron chi connectivity index (χ4n) is 1.20. The van der Waals surface area contributed by atoms with Crippen molar-refractivity contribution in [2.24, 2.45) is 22.2 Å². The van der Waals surface area contributed by atoms with Gasteiger partial charge in [0.15, 0.2) is 0 Å². The van der Waals surface area contributed by atoms with Crippen LogP contribution in [0.25, 0.3) is 0 Å². The number of thioether (sulfide) groups is 1. The molecule has 3 nitrogen and oxygen atoms in total. The highest BCUT2D eigenvalue weighted by Gasteiger charge is 2.22. The normalized spacial score (nSPS) is 13.5. The van der Waals surface area contributed by atoms with Crippen molar-refractivity contribution in [3.8, 4) is 0 Å². The summed E-state index contributed by atoms with van der Waals surface area (Å²) in [4.78, 5) is 0. The third kappa shape index (κ3) is 6.66. The molecule has 90 valence electrons. The van der Waals surface area contributed by atoms with E-state index in [9.17, 15) is 0 Å². The minimum absolute atomic E-state index is 0.187. The minimum Gasteiger partial charge on any atom is -0.409 e. The number of hydrogen-bond donors (Lipinski definition) is 2. The first kappa shape index (κ1) is 14.6. The molecule has 0 saturated heterocycles. The van der Waals surface area contributed by atoms with Crippen LogP contribution in [-0.4, -0.2) is 22.5 Å². The summed E-state index contributed by atoms with van der Waals surface area (Å²) in [5.74, 6) is 3.45. The average molecular weight is 232 g/mol. The maximum Gasteiger partial charge on any atom is 0.144 e. The second-order valence-electron chi connectivity index (χ2n) is 4.94. The molecule has 0 radical (unpaired) electrons. The Morgan fingerprint density at radius 1 is 1.47 bits per heavy atom. The molecule has 0 amide bonds. The molecule has 0 bridgehead atoms. The van der Waals surface area contributed by atoms with E-state index in [-0.39, 0.29) is 5.41 Å². The van der Waals surface area contributed by atoms with E-state index in [0.29, 0.717) is 5.84 Å². The molecule has 0 heterocycles. The average Bonchev–Trinajstić information content (AvgIpc) is 2.15. The van der Waals surface area contributed by atoms with Crippen LogP contribution in [0.15, 0.2) is 5.16 Å². The number of amidine groups is 1. The van der Waals surface area contributed by atoms with Gasteiger partial charge in [-0.25, -0.2) is 0 Å². The van der Waals surface area contributed by atoms with Gasteiger partial charge in [0.1, 0.15) is 5.84 Å². The maximum absolute atomic E-state index is 8.60. The first-order valence-corrected chi connectivity index (χ1v) is 6.61. The zero-order chi connectivity index (χ0) is 11.9. The molecule has 0 spiro atoms. The molecule has 0 aromatic heterocycles. The standard InChI is InChI=1S/C11H24N2OS/c1-9(2)8-15-7-5-6-11(3,4)10(12)13-14/h9,14H,5-8H2,1-4H3,(H2,12,13). The highest BCUT2D eigenvalue weighted by atomic mass is 32.2. The van der Waals surface area contributed by atoms with Gasteiger partial charge in [-0.15, -0.1) is 0 Å². The van der Waals surface area contributed by atoms with Gasteiger partial charge in [0, 0.05) is 5.41 Å². The van der Waals surface area contributed by atoms with Gasteiger partial charge in [0.2, 0.25) is 0 Å². The largest absolute Gasteiger partial charge is 0.409 e. The van der Waals surface area contributed by atoms with Crippen LogP contribution in [0.3, 0.4) is 0 Å². The minimum atomic E-state index is -0.187. The topological polar surface area (TPSA) is 58.6 Å². The molecule has 0 saturated carbocycles. The van der Waals surface area contributed by atoms with Crippen molar-refractivity contribution in [2.45, 2.75) is 40.5 Å². The maximum atomic E-state index is 8.60. The van der Waals surface area contributed by atoms with Gasteiger partial charge in [0.25, 0.3) is 0 Å². The van der Waals surface area contributed by atoms with Gasteiger partial charge in [-0.05, 0) is 30.3 Å². The van der Waals surface area contributed by atoms with Gasteiger partial charge in [-0.3, -0.25) is 0 Å². The van der Waals surface area contributed by atoms with Crippen LogP contribution in [0, 0.1) is 11.3 Å². The summed E-state index contributed by atoms with van der Waals surface area (Å²) in [6.07, 6.45) is 2.08. The summed E-state index contributed by atoms with van der Waals surface area (Å²) in [5.41, 5.74) is 5.42. The molecule has 3 N–H and O–H groups in total. The summed E-state index contributed by atoms with van der Waals surface area (Å²) in [5, 5.41) is 11.7. The fourth-order valence-corrected chi connectivity index (χ4v) is 2.19. The molecule has 4 heteroatoms. The van der Waals surface area contributed by atoms with E-state index < -0.39 is 0 Å². The predicted octanol–water partition coefficient (Wildman–Crippen LogP) is 2.93. The highest BCUT2D eigenvalue weighted by Crippen LogP contribution is 2.23. The molecule has 0 atom stereocenters. The molecular formula is C11H24N2OS. The van der Waals surface area contributed by atoms with Crippen LogP contribution in [0.1, 0.15) is 40.5 Å². The van der Waals surface area contributed by atoms with Crippen LogP contribution >= 0.6 is 11.8 Å². The Morgan fingerprint density at radius 3 is 2.53 bits per heavy atom. The molecule has 0 aliphatic heterocycles. The van der Waals surface area contributed by atoms with E-state index >= 15 is 0 Å². The Labute approximate surface area is 97.5 Å². The Morgan fingerprint density at radius 2 is 2.07 bits per heavy atom. The predicted molar refractivity (Wildman–Crippen MR) is 68.6 cm³/mol. The van der Waals surface area contributed by atoms with Gasteiger partial charge in [-0.1, -0.05) is 32.9 Å². The summed E-state index contributed by atoms with van der Waals surface area (Å²) in [6.45, 7) is 8.48. The van der Waals surface area contributed by atoms with E-state index in [2.05, 4.69) is 19.0 Å². The smallest absolute Gasteiger partial charge is 0.144 e. The van der Waals surface area contributed by atoms with Crippen molar-refractivity contribution in [3.05, 3.63) is 0 Å². The Bertz CT molecular complexity index is 203. The summed E-state index contributed by atoms with van der Waals surface area (Å²) >= 11 is 1.98. The summed E-state index contributed by atoms with van der Waals surface area (Å²) in [7, 11) is 0. The van der Waals surface area contributed by atoms with E-state index in [1.165, 1.54) is 5.75 Å². The zero-order valence-electron chi connectivity index (χ0n) is 10.3. The molecule has 15 heavy (non-hydrogen) atoms. The molecule has 0 aliphatic carbocycles. The van der Waals surface area contributed by atoms with Crippen molar-refractivity contribution in [2.75, 3.05) is 11.5 Å². The Balaban J connectivity index is 3.67. The molecular weight excluding hydrogens is 208 g/mol. The number of rotatable bonds is 7. The SMILES string of the molecule is CC(C)CSCCCC(C)(C)C(N)=NO. The van der Waals surface area contributed by atoms with Crippen LogP contribution in [0.5, 0.6) is 0 Å². The zero-order valence-corrected chi connectivity index (χ0v) is 11.1.